The predicted molar refractivity (Wildman–Crippen MR) is 112 cm³/mol. The molecule has 30 heavy (non-hydrogen) atoms. The summed E-state index contributed by atoms with van der Waals surface area (Å²) in [5.74, 6) is 0.731. The van der Waals surface area contributed by atoms with E-state index in [1.807, 2.05) is 45.7 Å². The molecule has 1 aromatic heterocycles. The van der Waals surface area contributed by atoms with Crippen LogP contribution in [0.1, 0.15) is 16.5 Å². The van der Waals surface area contributed by atoms with Crippen LogP contribution in [0.4, 0.5) is 24.5 Å². The van der Waals surface area contributed by atoms with Gasteiger partial charge in [0.05, 0.1) is 17.2 Å². The van der Waals surface area contributed by atoms with Crippen LogP contribution in [0.2, 0.25) is 5.02 Å². The lowest BCUT2D eigenvalue weighted by Crippen LogP contribution is -2.28. The first-order chi connectivity index (χ1) is 14.4. The average molecular weight is 449 g/mol. The first-order valence-electron chi connectivity index (χ1n) is 9.32. The Hall–Kier alpha value is -2.64. The number of alkyl halides is 3. The van der Waals surface area contributed by atoms with Crippen molar-refractivity contribution in [3.8, 4) is 0 Å². The van der Waals surface area contributed by atoms with E-state index in [0.29, 0.717) is 17.3 Å². The monoisotopic (exact) mass is 448 g/mol. The number of thiophene rings is 1. The van der Waals surface area contributed by atoms with Crippen LogP contribution in [0.3, 0.4) is 0 Å². The number of hydroxylamine groups is 1. The summed E-state index contributed by atoms with van der Waals surface area (Å²) in [4.78, 5) is 9.15. The molecule has 154 valence electrons. The van der Waals surface area contributed by atoms with Crippen molar-refractivity contribution in [2.45, 2.75) is 12.2 Å². The second kappa shape index (κ2) is 7.25. The minimum absolute atomic E-state index is 0.00568. The minimum atomic E-state index is -4.37. The molecule has 0 spiro atoms. The van der Waals surface area contributed by atoms with E-state index in [1.165, 1.54) is 12.1 Å². The molecule has 0 saturated carbocycles. The highest BCUT2D eigenvalue weighted by Crippen LogP contribution is 2.49. The fourth-order valence-corrected chi connectivity index (χ4v) is 4.90. The molecule has 0 N–H and O–H groups in total. The SMILES string of the molecule is FC(F)(F)c1cccc(N2C=C3ON(c4ccc(Cl)cc4)C(c4cccs4)C3C2)c1. The number of hydrogen-bond donors (Lipinski definition) is 0. The number of nitrogens with zero attached hydrogens (tertiary/aromatic N) is 2. The Labute approximate surface area is 180 Å². The van der Waals surface area contributed by atoms with Crippen molar-refractivity contribution < 1.29 is 18.0 Å². The van der Waals surface area contributed by atoms with Gasteiger partial charge in [-0.1, -0.05) is 23.7 Å². The maximum Gasteiger partial charge on any atom is 0.416 e. The van der Waals surface area contributed by atoms with Crippen LogP contribution in [-0.4, -0.2) is 6.54 Å². The summed E-state index contributed by atoms with van der Waals surface area (Å²) in [6.07, 6.45) is -2.57. The Morgan fingerprint density at radius 1 is 1.00 bits per heavy atom. The molecule has 0 aliphatic carbocycles. The van der Waals surface area contributed by atoms with Gasteiger partial charge in [0.1, 0.15) is 6.04 Å². The van der Waals surface area contributed by atoms with Gasteiger partial charge in [0.15, 0.2) is 5.76 Å². The summed E-state index contributed by atoms with van der Waals surface area (Å²) >= 11 is 7.66. The summed E-state index contributed by atoms with van der Waals surface area (Å²) in [5, 5.41) is 4.51. The molecule has 2 unspecified atom stereocenters. The standard InChI is InChI=1S/C22H16ClF3N2OS/c23-15-6-8-16(9-7-15)28-21(20-5-2-10-30-20)18-12-27(13-19(18)29-28)17-4-1-3-14(11-17)22(24,25)26/h1-11,13,18,21H,12H2. The van der Waals surface area contributed by atoms with Gasteiger partial charge in [-0.25, -0.2) is 5.06 Å². The van der Waals surface area contributed by atoms with E-state index in [0.717, 1.165) is 22.4 Å². The second-order valence-electron chi connectivity index (χ2n) is 7.19. The molecule has 2 atom stereocenters. The molecule has 0 bridgehead atoms. The summed E-state index contributed by atoms with van der Waals surface area (Å²) < 4.78 is 39.4. The van der Waals surface area contributed by atoms with Crippen LogP contribution in [0, 0.1) is 5.92 Å². The molecule has 1 fully saturated rings. The van der Waals surface area contributed by atoms with Gasteiger partial charge in [-0.3, -0.25) is 0 Å². The van der Waals surface area contributed by atoms with E-state index in [4.69, 9.17) is 16.4 Å². The quantitative estimate of drug-likeness (QED) is 0.434. The normalized spacial score (nSPS) is 20.9. The molecule has 1 saturated heterocycles. The minimum Gasteiger partial charge on any atom is -0.381 e. The third kappa shape index (κ3) is 3.42. The molecule has 8 heteroatoms. The summed E-state index contributed by atoms with van der Waals surface area (Å²) in [6.45, 7) is 0.531. The third-order valence-electron chi connectivity index (χ3n) is 5.30. The maximum absolute atomic E-state index is 13.1. The fourth-order valence-electron chi connectivity index (χ4n) is 3.90. The molecule has 3 heterocycles. The summed E-state index contributed by atoms with van der Waals surface area (Å²) in [5.41, 5.74) is 0.714. The first kappa shape index (κ1) is 19.3. The maximum atomic E-state index is 13.1. The van der Waals surface area contributed by atoms with Gasteiger partial charge in [0.2, 0.25) is 0 Å². The number of rotatable bonds is 3. The van der Waals surface area contributed by atoms with Crippen molar-refractivity contribution in [3.05, 3.63) is 93.5 Å². The fraction of sp³-hybridized carbons (Fsp3) is 0.182. The van der Waals surface area contributed by atoms with Crippen LogP contribution in [0.25, 0.3) is 0 Å². The van der Waals surface area contributed by atoms with Gasteiger partial charge in [0.25, 0.3) is 0 Å². The highest BCUT2D eigenvalue weighted by Gasteiger charge is 2.46. The molecule has 3 aromatic rings. The highest BCUT2D eigenvalue weighted by atomic mass is 35.5. The van der Waals surface area contributed by atoms with Gasteiger partial charge >= 0.3 is 6.18 Å². The molecule has 0 radical (unpaired) electrons. The van der Waals surface area contributed by atoms with E-state index in [9.17, 15) is 13.2 Å². The van der Waals surface area contributed by atoms with E-state index >= 15 is 0 Å². The number of halogens is 4. The van der Waals surface area contributed by atoms with E-state index < -0.39 is 11.7 Å². The van der Waals surface area contributed by atoms with Crippen molar-refractivity contribution >= 4 is 34.3 Å². The predicted octanol–water partition coefficient (Wildman–Crippen LogP) is 6.89. The lowest BCUT2D eigenvalue weighted by molar-refractivity contribution is -0.137. The summed E-state index contributed by atoms with van der Waals surface area (Å²) in [6, 6.07) is 16.8. The van der Waals surface area contributed by atoms with Crippen molar-refractivity contribution in [2.75, 3.05) is 16.5 Å². The Kier molecular flexibility index (Phi) is 4.67. The zero-order valence-corrected chi connectivity index (χ0v) is 17.1. The molecule has 5 rings (SSSR count). The molecule has 0 amide bonds. The zero-order valence-electron chi connectivity index (χ0n) is 15.5. The van der Waals surface area contributed by atoms with Gasteiger partial charge in [-0.05, 0) is 53.9 Å². The Morgan fingerprint density at radius 3 is 2.50 bits per heavy atom. The van der Waals surface area contributed by atoms with Crippen molar-refractivity contribution in [2.24, 2.45) is 5.92 Å². The Morgan fingerprint density at radius 2 is 1.80 bits per heavy atom. The van der Waals surface area contributed by atoms with Crippen molar-refractivity contribution in [3.63, 3.8) is 0 Å². The number of fused-ring (bicyclic) bond motifs is 1. The van der Waals surface area contributed by atoms with E-state index in [1.54, 1.807) is 23.6 Å². The average Bonchev–Trinajstić information content (AvgIpc) is 3.44. The molecular formula is C22H16ClF3N2OS. The number of hydrogen-bond acceptors (Lipinski definition) is 4. The van der Waals surface area contributed by atoms with Crippen LogP contribution in [0.5, 0.6) is 0 Å². The van der Waals surface area contributed by atoms with Crippen LogP contribution in [-0.2, 0) is 11.0 Å². The van der Waals surface area contributed by atoms with Crippen molar-refractivity contribution in [1.82, 2.24) is 0 Å². The third-order valence-corrected chi connectivity index (χ3v) is 6.50. The van der Waals surface area contributed by atoms with Gasteiger partial charge in [-0.15, -0.1) is 11.3 Å². The number of anilines is 2. The molecule has 2 aliphatic rings. The Bertz CT molecular complexity index is 1080. The van der Waals surface area contributed by atoms with Crippen LogP contribution < -0.4 is 9.96 Å². The zero-order chi connectivity index (χ0) is 20.9. The molecule has 2 aliphatic heterocycles. The smallest absolute Gasteiger partial charge is 0.381 e. The lowest BCUT2D eigenvalue weighted by atomic mass is 9.98. The Balaban J connectivity index is 1.48. The molecule has 3 nitrogen and oxygen atoms in total. The highest BCUT2D eigenvalue weighted by molar-refractivity contribution is 7.10. The van der Waals surface area contributed by atoms with Gasteiger partial charge in [-0.2, -0.15) is 13.2 Å². The summed E-state index contributed by atoms with van der Waals surface area (Å²) in [7, 11) is 0. The van der Waals surface area contributed by atoms with E-state index in [-0.39, 0.29) is 12.0 Å². The topological polar surface area (TPSA) is 15.7 Å². The largest absolute Gasteiger partial charge is 0.416 e. The van der Waals surface area contributed by atoms with E-state index in [2.05, 4.69) is 6.07 Å². The molecule has 2 aromatic carbocycles. The lowest BCUT2D eigenvalue weighted by Gasteiger charge is -2.27. The van der Waals surface area contributed by atoms with Gasteiger partial charge < -0.3 is 9.74 Å². The van der Waals surface area contributed by atoms with Gasteiger partial charge in [0, 0.05) is 28.3 Å². The second-order valence-corrected chi connectivity index (χ2v) is 8.61. The molecular weight excluding hydrogens is 433 g/mol. The van der Waals surface area contributed by atoms with Crippen LogP contribution in [0.15, 0.2) is 78.0 Å². The number of benzene rings is 2. The first-order valence-corrected chi connectivity index (χ1v) is 10.6. The van der Waals surface area contributed by atoms with Crippen molar-refractivity contribution in [1.29, 1.82) is 0 Å². The van der Waals surface area contributed by atoms with Crippen LogP contribution >= 0.6 is 22.9 Å².